The third kappa shape index (κ3) is 2.55. The molecule has 0 N–H and O–H groups in total. The highest BCUT2D eigenvalue weighted by Crippen LogP contribution is 2.27. The predicted molar refractivity (Wildman–Crippen MR) is 61.5 cm³/mol. The molecule has 0 aliphatic carbocycles. The molecule has 92 valence electrons. The molecule has 3 atom stereocenters. The van der Waals surface area contributed by atoms with Crippen LogP contribution in [0, 0.1) is 11.8 Å². The van der Waals surface area contributed by atoms with Crippen LogP contribution in [0.3, 0.4) is 0 Å². The lowest BCUT2D eigenvalue weighted by molar-refractivity contribution is -0.156. The van der Waals surface area contributed by atoms with Gasteiger partial charge in [-0.1, -0.05) is 0 Å². The summed E-state index contributed by atoms with van der Waals surface area (Å²) >= 11 is 0. The Morgan fingerprint density at radius 1 is 1.50 bits per heavy atom. The van der Waals surface area contributed by atoms with E-state index in [1.165, 1.54) is 0 Å². The topological polar surface area (TPSA) is 46.6 Å². The van der Waals surface area contributed by atoms with Crippen molar-refractivity contribution >= 4 is 24.2 Å². The Morgan fingerprint density at radius 2 is 2.25 bits per heavy atom. The number of esters is 1. The summed E-state index contributed by atoms with van der Waals surface area (Å²) in [5, 5.41) is 0. The van der Waals surface area contributed by atoms with Gasteiger partial charge in [0.05, 0.1) is 6.61 Å². The average Bonchev–Trinajstić information content (AvgIpc) is 2.24. The monoisotopic (exact) mass is 247 g/mol. The lowest BCUT2D eigenvalue weighted by Crippen LogP contribution is -2.52. The normalized spacial score (nSPS) is 32.8. The molecule has 0 aromatic carbocycles. The molecule has 0 aromatic heterocycles. The molecule has 3 unspecified atom stereocenters. The number of Topliss-reactive ketones (excluding diaryl/α,β-unsaturated/α-hetero) is 1. The predicted octanol–water partition coefficient (Wildman–Crippen LogP) is 0.882. The van der Waals surface area contributed by atoms with Crippen LogP contribution in [0.5, 0.6) is 0 Å². The second-order valence-corrected chi connectivity index (χ2v) is 4.31. The molecule has 0 saturated carbocycles. The number of carbonyl (C=O) groups excluding carboxylic acids is 2. The Kier molecular flexibility index (Phi) is 4.74. The fourth-order valence-electron chi connectivity index (χ4n) is 2.52. The van der Waals surface area contributed by atoms with Crippen molar-refractivity contribution in [3.8, 4) is 0 Å². The largest absolute Gasteiger partial charge is 0.465 e. The van der Waals surface area contributed by atoms with Crippen molar-refractivity contribution in [1.29, 1.82) is 0 Å². The zero-order chi connectivity index (χ0) is 10.8. The second-order valence-electron chi connectivity index (χ2n) is 4.31. The summed E-state index contributed by atoms with van der Waals surface area (Å²) in [5.74, 6) is -0.686. The number of fused-ring (bicyclic) bond motifs is 2. The molecular formula is C11H18ClNO3. The van der Waals surface area contributed by atoms with Crippen LogP contribution in [0.4, 0.5) is 0 Å². The van der Waals surface area contributed by atoms with Gasteiger partial charge >= 0.3 is 5.97 Å². The lowest BCUT2D eigenvalue weighted by atomic mass is 9.82. The summed E-state index contributed by atoms with van der Waals surface area (Å²) in [5.41, 5.74) is 0. The molecule has 4 nitrogen and oxygen atoms in total. The van der Waals surface area contributed by atoms with Crippen molar-refractivity contribution in [2.45, 2.75) is 19.8 Å². The number of nitrogens with zero attached hydrogens (tertiary/aromatic N) is 1. The minimum atomic E-state index is -0.524. The van der Waals surface area contributed by atoms with Crippen molar-refractivity contribution < 1.29 is 14.3 Å². The zero-order valence-corrected chi connectivity index (χ0v) is 10.3. The van der Waals surface area contributed by atoms with Crippen LogP contribution in [0.2, 0.25) is 0 Å². The zero-order valence-electron chi connectivity index (χ0n) is 9.48. The highest BCUT2D eigenvalue weighted by atomic mass is 35.5. The van der Waals surface area contributed by atoms with Gasteiger partial charge in [-0.3, -0.25) is 9.59 Å². The van der Waals surface area contributed by atoms with Gasteiger partial charge in [0.1, 0.15) is 5.92 Å². The second kappa shape index (κ2) is 5.64. The Labute approximate surface area is 102 Å². The highest BCUT2D eigenvalue weighted by Gasteiger charge is 2.41. The number of rotatable bonds is 2. The first-order valence-electron chi connectivity index (χ1n) is 5.65. The molecular weight excluding hydrogens is 230 g/mol. The third-order valence-electron chi connectivity index (χ3n) is 3.26. The minimum Gasteiger partial charge on any atom is -0.465 e. The molecule has 2 aliphatic heterocycles. The maximum atomic E-state index is 11.9. The van der Waals surface area contributed by atoms with Crippen LogP contribution in [0.1, 0.15) is 19.8 Å². The van der Waals surface area contributed by atoms with Crippen molar-refractivity contribution in [2.24, 2.45) is 11.8 Å². The van der Waals surface area contributed by atoms with E-state index in [0.29, 0.717) is 13.2 Å². The van der Waals surface area contributed by atoms with Gasteiger partial charge in [-0.05, 0) is 26.3 Å². The number of halogens is 1. The number of ketones is 1. The maximum absolute atomic E-state index is 11.9. The van der Waals surface area contributed by atoms with Crippen LogP contribution in [0.15, 0.2) is 0 Å². The summed E-state index contributed by atoms with van der Waals surface area (Å²) in [7, 11) is 0. The molecule has 16 heavy (non-hydrogen) atoms. The first kappa shape index (κ1) is 13.5. The molecule has 5 heteroatoms. The minimum absolute atomic E-state index is 0. The molecule has 2 rings (SSSR count). The maximum Gasteiger partial charge on any atom is 0.317 e. The fraction of sp³-hybridized carbons (Fsp3) is 0.818. The first-order valence-corrected chi connectivity index (χ1v) is 5.65. The van der Waals surface area contributed by atoms with Crippen LogP contribution in [-0.2, 0) is 14.3 Å². The molecule has 0 radical (unpaired) electrons. The Morgan fingerprint density at radius 3 is 2.94 bits per heavy atom. The van der Waals surface area contributed by atoms with Crippen LogP contribution in [0.25, 0.3) is 0 Å². The molecule has 0 amide bonds. The van der Waals surface area contributed by atoms with Crippen LogP contribution in [-0.4, -0.2) is 42.9 Å². The van der Waals surface area contributed by atoms with Gasteiger partial charge in [0.25, 0.3) is 0 Å². The number of hydrogen-bond donors (Lipinski definition) is 0. The summed E-state index contributed by atoms with van der Waals surface area (Å²) in [6.07, 6.45) is 2.01. The Hall–Kier alpha value is -0.610. The summed E-state index contributed by atoms with van der Waals surface area (Å²) in [6.45, 7) is 4.54. The van der Waals surface area contributed by atoms with Gasteiger partial charge in [0.2, 0.25) is 0 Å². The number of ether oxygens (including phenoxy) is 1. The van der Waals surface area contributed by atoms with E-state index in [0.717, 1.165) is 25.9 Å². The van der Waals surface area contributed by atoms with Crippen molar-refractivity contribution in [3.05, 3.63) is 0 Å². The molecule has 2 fully saturated rings. The molecule has 2 aliphatic rings. The van der Waals surface area contributed by atoms with E-state index >= 15 is 0 Å². The standard InChI is InChI=1S/C11H17NO3.ClH/c1-2-15-11(14)9-7-12-5-3-4-8(6-12)10(9)13;/h8-9H,2-7H2,1H3;1H. The van der Waals surface area contributed by atoms with E-state index in [1.807, 2.05) is 0 Å². The van der Waals surface area contributed by atoms with Crippen LogP contribution < -0.4 is 0 Å². The van der Waals surface area contributed by atoms with E-state index in [9.17, 15) is 9.59 Å². The summed E-state index contributed by atoms with van der Waals surface area (Å²) < 4.78 is 4.93. The number of hydrogen-bond acceptors (Lipinski definition) is 4. The van der Waals surface area contributed by atoms with E-state index in [2.05, 4.69) is 4.90 Å². The smallest absolute Gasteiger partial charge is 0.317 e. The Balaban J connectivity index is 0.00000128. The molecule has 0 spiro atoms. The van der Waals surface area contributed by atoms with Gasteiger partial charge in [0.15, 0.2) is 5.78 Å². The molecule has 2 heterocycles. The van der Waals surface area contributed by atoms with Crippen molar-refractivity contribution in [1.82, 2.24) is 4.90 Å². The molecule has 2 bridgehead atoms. The van der Waals surface area contributed by atoms with E-state index in [-0.39, 0.29) is 30.1 Å². The fourth-order valence-corrected chi connectivity index (χ4v) is 2.52. The summed E-state index contributed by atoms with van der Waals surface area (Å²) in [6, 6.07) is 0. The van der Waals surface area contributed by atoms with Crippen LogP contribution >= 0.6 is 12.4 Å². The SMILES string of the molecule is CCOC(=O)C1CN2CCCC(C2)C1=O.Cl. The quantitative estimate of drug-likeness (QED) is 0.537. The van der Waals surface area contributed by atoms with Crippen molar-refractivity contribution in [3.63, 3.8) is 0 Å². The van der Waals surface area contributed by atoms with Gasteiger partial charge in [-0.15, -0.1) is 12.4 Å². The molecule has 0 aromatic rings. The van der Waals surface area contributed by atoms with E-state index in [4.69, 9.17) is 4.74 Å². The molecule has 2 saturated heterocycles. The van der Waals surface area contributed by atoms with Gasteiger partial charge in [0, 0.05) is 19.0 Å². The first-order chi connectivity index (χ1) is 7.22. The average molecular weight is 248 g/mol. The number of carbonyl (C=O) groups is 2. The van der Waals surface area contributed by atoms with Gasteiger partial charge in [-0.2, -0.15) is 0 Å². The van der Waals surface area contributed by atoms with Gasteiger partial charge in [-0.25, -0.2) is 0 Å². The Bertz CT molecular complexity index is 282. The lowest BCUT2D eigenvalue weighted by Gasteiger charge is -2.39. The summed E-state index contributed by atoms with van der Waals surface area (Å²) in [4.78, 5) is 25.7. The number of piperidine rings is 2. The highest BCUT2D eigenvalue weighted by molar-refractivity contribution is 6.01. The van der Waals surface area contributed by atoms with Crippen molar-refractivity contribution in [2.75, 3.05) is 26.2 Å². The van der Waals surface area contributed by atoms with E-state index in [1.54, 1.807) is 6.92 Å². The third-order valence-corrected chi connectivity index (χ3v) is 3.26. The van der Waals surface area contributed by atoms with Gasteiger partial charge < -0.3 is 9.64 Å². The van der Waals surface area contributed by atoms with E-state index < -0.39 is 5.92 Å².